The fraction of sp³-hybridized carbons (Fsp3) is 0. The fourth-order valence-electron chi connectivity index (χ4n) is 0. The molecule has 0 aromatic carbocycles. The summed E-state index contributed by atoms with van der Waals surface area (Å²) in [5, 5.41) is 0. The SMILES string of the molecule is [NH2][Zn]([NH2])([Cl])[Cl]. The topological polar surface area (TPSA) is 52.0 Å². The predicted molar refractivity (Wildman–Crippen MR) is 20.1 cm³/mol. The van der Waals surface area contributed by atoms with Crippen molar-refractivity contribution in [2.24, 2.45) is 8.95 Å². The summed E-state index contributed by atoms with van der Waals surface area (Å²) >= 11 is -3.31. The van der Waals surface area contributed by atoms with Crippen molar-refractivity contribution in [2.75, 3.05) is 0 Å². The molecule has 0 bridgehead atoms. The molecule has 0 spiro atoms. The van der Waals surface area contributed by atoms with Gasteiger partial charge in [0, 0.05) is 0 Å². The van der Waals surface area contributed by atoms with Gasteiger partial charge < -0.3 is 0 Å². The van der Waals surface area contributed by atoms with Crippen LogP contribution in [0.25, 0.3) is 0 Å². The Bertz CT molecular complexity index is 23.1. The Morgan fingerprint density at radius 3 is 1.20 bits per heavy atom. The van der Waals surface area contributed by atoms with Gasteiger partial charge in [-0.1, -0.05) is 0 Å². The molecule has 0 saturated heterocycles. The van der Waals surface area contributed by atoms with Gasteiger partial charge >= 0.3 is 41.6 Å². The molecule has 0 aliphatic rings. The van der Waals surface area contributed by atoms with Gasteiger partial charge in [0.2, 0.25) is 0 Å². The van der Waals surface area contributed by atoms with Gasteiger partial charge in [-0.25, -0.2) is 0 Å². The van der Waals surface area contributed by atoms with Crippen LogP contribution in [-0.2, 0) is 13.3 Å². The third-order valence-electron chi connectivity index (χ3n) is 0. The number of halogens is 2. The molecule has 2 nitrogen and oxygen atoms in total. The van der Waals surface area contributed by atoms with Gasteiger partial charge in [-0.05, 0) is 0 Å². The molecule has 0 rings (SSSR count). The van der Waals surface area contributed by atoms with Crippen LogP contribution in [0.4, 0.5) is 0 Å². The normalized spacial score (nSPS) is 8.80. The Morgan fingerprint density at radius 1 is 1.20 bits per heavy atom. The van der Waals surface area contributed by atoms with Crippen molar-refractivity contribution in [1.82, 2.24) is 0 Å². The van der Waals surface area contributed by atoms with Crippen LogP contribution in [-0.4, -0.2) is 0 Å². The van der Waals surface area contributed by atoms with Gasteiger partial charge in [-0.15, -0.1) is 0 Å². The average molecular weight is 168 g/mol. The Kier molecular flexibility index (Phi) is 2.10. The quantitative estimate of drug-likeness (QED) is 0.508. The second kappa shape index (κ2) is 1.72. The van der Waals surface area contributed by atoms with Gasteiger partial charge in [-0.3, -0.25) is 0 Å². The summed E-state index contributed by atoms with van der Waals surface area (Å²) in [6.45, 7) is 0. The minimum atomic E-state index is -3.31. The number of rotatable bonds is 0. The van der Waals surface area contributed by atoms with Crippen molar-refractivity contribution in [1.29, 1.82) is 0 Å². The summed E-state index contributed by atoms with van der Waals surface area (Å²) in [4.78, 5) is 0. The maximum absolute atomic E-state index is 5.07. The van der Waals surface area contributed by atoms with Crippen molar-refractivity contribution >= 4 is 19.4 Å². The van der Waals surface area contributed by atoms with Crippen LogP contribution < -0.4 is 8.95 Å². The third kappa shape index (κ3) is 39.6. The van der Waals surface area contributed by atoms with E-state index in [1.807, 2.05) is 0 Å². The Balaban J connectivity index is 3.02. The number of nitrogens with two attached hydrogens (primary N) is 2. The zero-order chi connectivity index (χ0) is 4.50. The predicted octanol–water partition coefficient (Wildman–Crippen LogP) is 0.195. The molecular weight excluding hydrogens is 164 g/mol. The van der Waals surface area contributed by atoms with Crippen molar-refractivity contribution < 1.29 is 13.3 Å². The summed E-state index contributed by atoms with van der Waals surface area (Å²) in [6.07, 6.45) is 0. The molecule has 30 valence electrons. The molecular formula is H4Cl2N2Zn. The molecule has 4 N–H and O–H groups in total. The van der Waals surface area contributed by atoms with Crippen LogP contribution in [0.1, 0.15) is 0 Å². The number of hydrogen-bond acceptors (Lipinski definition) is 2. The average Bonchev–Trinajstić information content (AvgIpc) is 0.722. The Labute approximate surface area is 41.8 Å². The fourth-order valence-corrected chi connectivity index (χ4v) is 0. The summed E-state index contributed by atoms with van der Waals surface area (Å²) in [6, 6.07) is 0. The van der Waals surface area contributed by atoms with E-state index in [0.717, 1.165) is 0 Å². The van der Waals surface area contributed by atoms with Crippen LogP contribution in [0.2, 0.25) is 0 Å². The standard InChI is InChI=1S/2ClH.2H2N.Zn/h2*1H;2*1H2;/q;;2*-1;+4/p-2. The van der Waals surface area contributed by atoms with Gasteiger partial charge in [0.1, 0.15) is 0 Å². The summed E-state index contributed by atoms with van der Waals surface area (Å²) in [5.41, 5.74) is 0. The molecule has 0 aliphatic carbocycles. The first-order valence-corrected chi connectivity index (χ1v) is 12.6. The molecule has 0 atom stereocenters. The van der Waals surface area contributed by atoms with E-state index in [1.165, 1.54) is 0 Å². The van der Waals surface area contributed by atoms with Crippen molar-refractivity contribution in [3.63, 3.8) is 0 Å². The molecule has 0 aromatic rings. The molecule has 0 radical (unpaired) electrons. The van der Waals surface area contributed by atoms with E-state index in [4.69, 9.17) is 28.3 Å². The monoisotopic (exact) mass is 166 g/mol. The van der Waals surface area contributed by atoms with Crippen molar-refractivity contribution in [2.45, 2.75) is 0 Å². The molecule has 0 amide bonds. The second-order valence-corrected chi connectivity index (χ2v) is 15.6. The van der Waals surface area contributed by atoms with Gasteiger partial charge in [0.05, 0.1) is 0 Å². The first-order valence-electron chi connectivity index (χ1n) is 1.35. The van der Waals surface area contributed by atoms with E-state index in [9.17, 15) is 0 Å². The molecule has 0 heterocycles. The minimum absolute atomic E-state index is 3.31. The summed E-state index contributed by atoms with van der Waals surface area (Å²) in [7, 11) is 10.1. The van der Waals surface area contributed by atoms with Crippen LogP contribution in [0.5, 0.6) is 0 Å². The first-order chi connectivity index (χ1) is 2.00. The number of hydrogen-bond donors (Lipinski definition) is 2. The van der Waals surface area contributed by atoms with Crippen LogP contribution in [0.3, 0.4) is 0 Å². The first kappa shape index (κ1) is 6.12. The zero-order valence-corrected chi connectivity index (χ0v) is 7.10. The van der Waals surface area contributed by atoms with E-state index < -0.39 is 13.3 Å². The zero-order valence-electron chi connectivity index (χ0n) is 2.62. The second-order valence-electron chi connectivity index (χ2n) is 0.954. The van der Waals surface area contributed by atoms with Gasteiger partial charge in [0.25, 0.3) is 0 Å². The molecule has 0 unspecified atom stereocenters. The van der Waals surface area contributed by atoms with E-state index in [0.29, 0.717) is 0 Å². The summed E-state index contributed by atoms with van der Waals surface area (Å²) < 4.78 is 9.76. The molecule has 5 heteroatoms. The maximum atomic E-state index is 5.07. The van der Waals surface area contributed by atoms with Crippen LogP contribution >= 0.6 is 19.4 Å². The third-order valence-corrected chi connectivity index (χ3v) is 0. The molecule has 0 fully saturated rings. The summed E-state index contributed by atoms with van der Waals surface area (Å²) in [5.74, 6) is 0. The van der Waals surface area contributed by atoms with Crippen molar-refractivity contribution in [3.05, 3.63) is 0 Å². The van der Waals surface area contributed by atoms with Crippen LogP contribution in [0, 0.1) is 0 Å². The van der Waals surface area contributed by atoms with Crippen molar-refractivity contribution in [3.8, 4) is 0 Å². The van der Waals surface area contributed by atoms with E-state index >= 15 is 0 Å². The molecule has 5 heavy (non-hydrogen) atoms. The molecule has 0 aliphatic heterocycles. The van der Waals surface area contributed by atoms with E-state index in [-0.39, 0.29) is 0 Å². The Hall–Kier alpha value is 1.12. The molecule has 0 saturated carbocycles. The van der Waals surface area contributed by atoms with Crippen LogP contribution in [0.15, 0.2) is 0 Å². The Morgan fingerprint density at radius 2 is 1.20 bits per heavy atom. The molecule has 0 aromatic heterocycles. The van der Waals surface area contributed by atoms with Gasteiger partial charge in [0.15, 0.2) is 0 Å². The van der Waals surface area contributed by atoms with E-state index in [1.54, 1.807) is 0 Å². The van der Waals surface area contributed by atoms with E-state index in [2.05, 4.69) is 0 Å². The van der Waals surface area contributed by atoms with Gasteiger partial charge in [-0.2, -0.15) is 0 Å².